The molecule has 0 saturated carbocycles. The zero-order chi connectivity index (χ0) is 25.8. The summed E-state index contributed by atoms with van der Waals surface area (Å²) < 4.78 is 16.9. The van der Waals surface area contributed by atoms with E-state index in [1.165, 1.54) is 25.3 Å². The van der Waals surface area contributed by atoms with Gasteiger partial charge in [-0.25, -0.2) is 0 Å². The third-order valence-electron chi connectivity index (χ3n) is 7.19. The molecule has 2 aromatic rings. The number of aliphatic hydroxyl groups excluding tert-OH is 1. The zero-order valence-electron chi connectivity index (χ0n) is 19.6. The molecule has 10 nitrogen and oxygen atoms in total. The number of carbonyl (C=O) groups is 3. The fourth-order valence-electron chi connectivity index (χ4n) is 5.40. The van der Waals surface area contributed by atoms with Gasteiger partial charge in [0.1, 0.15) is 29.5 Å². The minimum Gasteiger partial charge on any atom is -0.507 e. The van der Waals surface area contributed by atoms with Gasteiger partial charge in [0.05, 0.1) is 29.9 Å². The van der Waals surface area contributed by atoms with Gasteiger partial charge in [-0.05, 0) is 25.3 Å². The number of hydrogen-bond donors (Lipinski definition) is 4. The molecule has 36 heavy (non-hydrogen) atoms. The van der Waals surface area contributed by atoms with Gasteiger partial charge in [0, 0.05) is 36.1 Å². The van der Waals surface area contributed by atoms with Crippen molar-refractivity contribution in [1.29, 1.82) is 0 Å². The molecule has 1 saturated heterocycles. The molecule has 0 bridgehead atoms. The van der Waals surface area contributed by atoms with Gasteiger partial charge >= 0.3 is 0 Å². The second-order valence-electron chi connectivity index (χ2n) is 9.30. The summed E-state index contributed by atoms with van der Waals surface area (Å²) >= 11 is 0. The van der Waals surface area contributed by atoms with E-state index in [1.54, 1.807) is 0 Å². The van der Waals surface area contributed by atoms with Gasteiger partial charge in [-0.2, -0.15) is 0 Å². The van der Waals surface area contributed by atoms with Crippen LogP contribution in [0.2, 0.25) is 0 Å². The van der Waals surface area contributed by atoms with Crippen LogP contribution in [0, 0.1) is 0 Å². The van der Waals surface area contributed by atoms with Crippen molar-refractivity contribution >= 4 is 17.3 Å². The lowest BCUT2D eigenvalue weighted by molar-refractivity contribution is -0.204. The highest BCUT2D eigenvalue weighted by Crippen LogP contribution is 2.52. The van der Waals surface area contributed by atoms with Crippen LogP contribution < -0.4 is 4.74 Å². The van der Waals surface area contributed by atoms with E-state index in [-0.39, 0.29) is 34.4 Å². The van der Waals surface area contributed by atoms with E-state index < -0.39 is 71.0 Å². The molecule has 2 aromatic carbocycles. The molecule has 3 atom stereocenters. The van der Waals surface area contributed by atoms with Crippen molar-refractivity contribution in [2.24, 2.45) is 0 Å². The first-order valence-electron chi connectivity index (χ1n) is 11.7. The molecular formula is C26H26O10. The number of rotatable bonds is 5. The maximum atomic E-state index is 13.6. The Labute approximate surface area is 206 Å². The van der Waals surface area contributed by atoms with Crippen molar-refractivity contribution < 1.29 is 49.0 Å². The number of methoxy groups -OCH3 is 1. The van der Waals surface area contributed by atoms with E-state index in [9.17, 15) is 34.8 Å². The average molecular weight is 498 g/mol. The van der Waals surface area contributed by atoms with E-state index >= 15 is 0 Å². The Hall–Kier alpha value is -3.31. The van der Waals surface area contributed by atoms with Crippen molar-refractivity contribution in [1.82, 2.24) is 0 Å². The highest BCUT2D eigenvalue weighted by atomic mass is 16.7. The molecule has 2 aliphatic carbocycles. The Bertz CT molecular complexity index is 1280. The summed E-state index contributed by atoms with van der Waals surface area (Å²) in [5.74, 6) is -3.41. The number of phenolic OH excluding ortho intramolecular Hbond substituents is 2. The quantitative estimate of drug-likeness (QED) is 0.381. The third kappa shape index (κ3) is 3.60. The number of fused-ring (bicyclic) bond motifs is 3. The number of ketones is 3. The molecule has 0 amide bonds. The number of aliphatic hydroxyl groups is 2. The number of phenols is 2. The van der Waals surface area contributed by atoms with E-state index in [0.29, 0.717) is 13.0 Å². The van der Waals surface area contributed by atoms with Crippen LogP contribution in [0.25, 0.3) is 0 Å². The van der Waals surface area contributed by atoms with Crippen LogP contribution in [0.3, 0.4) is 0 Å². The summed E-state index contributed by atoms with van der Waals surface area (Å²) in [5, 5.41) is 43.3. The number of benzene rings is 2. The van der Waals surface area contributed by atoms with Crippen molar-refractivity contribution in [3.05, 3.63) is 51.6 Å². The summed E-state index contributed by atoms with van der Waals surface area (Å²) in [6.45, 7) is -0.518. The molecule has 1 unspecified atom stereocenters. The summed E-state index contributed by atoms with van der Waals surface area (Å²) in [7, 11) is 1.35. The Morgan fingerprint density at radius 1 is 1.11 bits per heavy atom. The molecular weight excluding hydrogens is 472 g/mol. The lowest BCUT2D eigenvalue weighted by Gasteiger charge is -2.40. The van der Waals surface area contributed by atoms with Crippen LogP contribution in [0.5, 0.6) is 17.2 Å². The topological polar surface area (TPSA) is 160 Å². The van der Waals surface area contributed by atoms with E-state index in [2.05, 4.69) is 0 Å². The number of aromatic hydroxyl groups is 2. The van der Waals surface area contributed by atoms with Crippen LogP contribution in [0.4, 0.5) is 0 Å². The molecule has 5 rings (SSSR count). The van der Waals surface area contributed by atoms with Crippen molar-refractivity contribution in [2.75, 3.05) is 20.3 Å². The smallest absolute Gasteiger partial charge is 0.202 e. The summed E-state index contributed by atoms with van der Waals surface area (Å²) in [5.41, 5.74) is -3.12. The molecule has 1 fully saturated rings. The minimum absolute atomic E-state index is 0.00432. The van der Waals surface area contributed by atoms with Crippen LogP contribution >= 0.6 is 0 Å². The monoisotopic (exact) mass is 498 g/mol. The van der Waals surface area contributed by atoms with Crippen molar-refractivity contribution in [2.45, 2.75) is 50.1 Å². The number of Topliss-reactive ketones (excluding diaryl/α,β-unsaturated/α-hetero) is 1. The van der Waals surface area contributed by atoms with Crippen molar-refractivity contribution in [3.8, 4) is 17.2 Å². The predicted molar refractivity (Wildman–Crippen MR) is 122 cm³/mol. The van der Waals surface area contributed by atoms with Gasteiger partial charge in [-0.1, -0.05) is 12.1 Å². The predicted octanol–water partition coefficient (Wildman–Crippen LogP) is 1.70. The van der Waals surface area contributed by atoms with Crippen LogP contribution in [-0.4, -0.2) is 70.0 Å². The van der Waals surface area contributed by atoms with Gasteiger partial charge < -0.3 is 34.6 Å². The average Bonchev–Trinajstić information content (AvgIpc) is 2.88. The fourth-order valence-corrected chi connectivity index (χ4v) is 5.40. The summed E-state index contributed by atoms with van der Waals surface area (Å²) in [6, 6.07) is 4.45. The van der Waals surface area contributed by atoms with E-state index in [1.807, 2.05) is 0 Å². The summed E-state index contributed by atoms with van der Waals surface area (Å²) in [6.07, 6.45) is -0.549. The molecule has 0 radical (unpaired) electrons. The number of carbonyl (C=O) groups excluding carboxylic acids is 3. The first-order chi connectivity index (χ1) is 17.2. The van der Waals surface area contributed by atoms with Crippen LogP contribution in [-0.2, 0) is 20.7 Å². The van der Waals surface area contributed by atoms with E-state index in [0.717, 1.165) is 12.8 Å². The molecule has 190 valence electrons. The molecule has 1 aliphatic heterocycles. The first-order valence-corrected chi connectivity index (χ1v) is 11.7. The largest absolute Gasteiger partial charge is 0.507 e. The first kappa shape index (κ1) is 24.4. The maximum Gasteiger partial charge on any atom is 0.202 e. The van der Waals surface area contributed by atoms with Crippen LogP contribution in [0.1, 0.15) is 74.8 Å². The number of ether oxygens (including phenoxy) is 3. The Morgan fingerprint density at radius 3 is 2.53 bits per heavy atom. The highest BCUT2D eigenvalue weighted by molar-refractivity contribution is 6.31. The fraction of sp³-hybridized carbons (Fsp3) is 0.423. The third-order valence-corrected chi connectivity index (χ3v) is 7.19. The standard InChI is InChI=1S/C26H26O10/c1-34-14-6-4-5-12-18(14)24(31)21-20(22(12)29)23(30)13-9-26(33,16(28)11-27)10-15(19(13)25(21)32)36-17-7-2-3-8-35-17/h4-6,15,17,27,30,32-33H,2-3,7-11H2,1H3/t15?,17-,26-/m0/s1. The van der Waals surface area contributed by atoms with Crippen LogP contribution in [0.15, 0.2) is 18.2 Å². The highest BCUT2D eigenvalue weighted by Gasteiger charge is 2.49. The van der Waals surface area contributed by atoms with Gasteiger partial charge in [-0.15, -0.1) is 0 Å². The van der Waals surface area contributed by atoms with Crippen molar-refractivity contribution in [3.63, 3.8) is 0 Å². The Kier molecular flexibility index (Phi) is 6.08. The lowest BCUT2D eigenvalue weighted by atomic mass is 9.72. The Morgan fingerprint density at radius 2 is 1.86 bits per heavy atom. The van der Waals surface area contributed by atoms with E-state index in [4.69, 9.17) is 14.2 Å². The molecule has 1 heterocycles. The lowest BCUT2D eigenvalue weighted by Crippen LogP contribution is -2.48. The molecule has 4 N–H and O–H groups in total. The molecule has 10 heteroatoms. The van der Waals surface area contributed by atoms with Gasteiger partial charge in [-0.3, -0.25) is 14.4 Å². The maximum absolute atomic E-state index is 13.6. The van der Waals surface area contributed by atoms with Gasteiger partial charge in [0.15, 0.2) is 17.9 Å². The Balaban J connectivity index is 1.72. The number of hydrogen-bond acceptors (Lipinski definition) is 10. The zero-order valence-corrected chi connectivity index (χ0v) is 19.6. The molecule has 0 aromatic heterocycles. The molecule has 0 spiro atoms. The molecule has 3 aliphatic rings. The normalized spacial score (nSPS) is 25.1. The summed E-state index contributed by atoms with van der Waals surface area (Å²) in [4.78, 5) is 39.5. The second-order valence-corrected chi connectivity index (χ2v) is 9.30. The SMILES string of the molecule is COc1cccc2c1C(=O)c1c(O)c3c(c(O)c1C2=O)C[C@@](O)(C(=O)CO)CC3O[C@H]1CCCCO1. The minimum atomic E-state index is -2.14. The van der Waals surface area contributed by atoms with Gasteiger partial charge in [0.2, 0.25) is 5.78 Å². The van der Waals surface area contributed by atoms with Gasteiger partial charge in [0.25, 0.3) is 0 Å². The second kappa shape index (κ2) is 8.97.